The first-order chi connectivity index (χ1) is 11.9. The highest BCUT2D eigenvalue weighted by molar-refractivity contribution is 5.45. The van der Waals surface area contributed by atoms with Crippen LogP contribution in [-0.2, 0) is 6.54 Å². The van der Waals surface area contributed by atoms with Gasteiger partial charge in [0.25, 0.3) is 0 Å². The first-order valence-corrected chi connectivity index (χ1v) is 8.22. The Morgan fingerprint density at radius 1 is 1.04 bits per heavy atom. The predicted molar refractivity (Wildman–Crippen MR) is 92.7 cm³/mol. The second-order valence-electron chi connectivity index (χ2n) is 6.41. The van der Waals surface area contributed by atoms with Crippen LogP contribution >= 0.6 is 0 Å². The Labute approximate surface area is 146 Å². The molecule has 0 bridgehead atoms. The fourth-order valence-electron chi connectivity index (χ4n) is 2.83. The minimum atomic E-state index is -0.597. The van der Waals surface area contributed by atoms with Gasteiger partial charge in [-0.2, -0.15) is 4.98 Å². The summed E-state index contributed by atoms with van der Waals surface area (Å²) in [6.45, 7) is 5.00. The maximum absolute atomic E-state index is 13.7. The Kier molecular flexibility index (Phi) is 5.08. The molecule has 2 aromatic heterocycles. The lowest BCUT2D eigenvalue weighted by Gasteiger charge is -2.35. The van der Waals surface area contributed by atoms with E-state index in [4.69, 9.17) is 0 Å². The van der Waals surface area contributed by atoms with E-state index in [2.05, 4.69) is 19.9 Å². The molecule has 0 radical (unpaired) electrons. The Bertz CT molecular complexity index is 724. The molecule has 8 heteroatoms. The van der Waals surface area contributed by atoms with Crippen molar-refractivity contribution in [1.29, 1.82) is 0 Å². The molecule has 0 saturated carbocycles. The van der Waals surface area contributed by atoms with E-state index in [-0.39, 0.29) is 12.1 Å². The molecular formula is C17H22F2N6. The van der Waals surface area contributed by atoms with E-state index in [0.29, 0.717) is 32.1 Å². The number of rotatable bonds is 4. The summed E-state index contributed by atoms with van der Waals surface area (Å²) in [6, 6.07) is 1.94. The number of hydrogen-bond donors (Lipinski definition) is 0. The molecule has 0 atom stereocenters. The quantitative estimate of drug-likeness (QED) is 0.840. The Morgan fingerprint density at radius 2 is 1.68 bits per heavy atom. The number of piperazine rings is 1. The van der Waals surface area contributed by atoms with Gasteiger partial charge in [-0.3, -0.25) is 9.88 Å². The summed E-state index contributed by atoms with van der Waals surface area (Å²) in [5.41, 5.74) is 0.988. The van der Waals surface area contributed by atoms with Crippen molar-refractivity contribution in [2.45, 2.75) is 13.5 Å². The molecule has 0 aromatic carbocycles. The summed E-state index contributed by atoms with van der Waals surface area (Å²) in [5.74, 6) is 0.371. The predicted octanol–water partition coefficient (Wildman–Crippen LogP) is 1.85. The van der Waals surface area contributed by atoms with Crippen molar-refractivity contribution in [2.75, 3.05) is 50.1 Å². The minimum absolute atomic E-state index is 0.0742. The average Bonchev–Trinajstić information content (AvgIpc) is 2.58. The van der Waals surface area contributed by atoms with E-state index in [1.54, 1.807) is 0 Å². The first-order valence-electron chi connectivity index (χ1n) is 8.22. The van der Waals surface area contributed by atoms with Crippen molar-refractivity contribution < 1.29 is 8.78 Å². The van der Waals surface area contributed by atoms with Crippen molar-refractivity contribution in [2.24, 2.45) is 0 Å². The van der Waals surface area contributed by atoms with Crippen LogP contribution in [0.5, 0.6) is 0 Å². The van der Waals surface area contributed by atoms with Gasteiger partial charge in [0.1, 0.15) is 17.5 Å². The van der Waals surface area contributed by atoms with Gasteiger partial charge < -0.3 is 9.80 Å². The van der Waals surface area contributed by atoms with Gasteiger partial charge in [0.15, 0.2) is 0 Å². The maximum atomic E-state index is 13.7. The monoisotopic (exact) mass is 348 g/mol. The highest BCUT2D eigenvalue weighted by Crippen LogP contribution is 2.19. The smallest absolute Gasteiger partial charge is 0.227 e. The summed E-state index contributed by atoms with van der Waals surface area (Å²) in [4.78, 5) is 18.7. The Hall–Kier alpha value is -2.35. The fourth-order valence-corrected chi connectivity index (χ4v) is 2.83. The molecule has 1 aliphatic heterocycles. The first kappa shape index (κ1) is 17.5. The van der Waals surface area contributed by atoms with Gasteiger partial charge in [-0.05, 0) is 6.92 Å². The van der Waals surface area contributed by atoms with E-state index in [0.717, 1.165) is 23.9 Å². The zero-order valence-corrected chi connectivity index (χ0v) is 14.7. The van der Waals surface area contributed by atoms with Gasteiger partial charge in [0.2, 0.25) is 5.95 Å². The number of aryl methyl sites for hydroxylation is 1. The van der Waals surface area contributed by atoms with Crippen molar-refractivity contribution >= 4 is 11.8 Å². The maximum Gasteiger partial charge on any atom is 0.227 e. The second kappa shape index (κ2) is 7.26. The van der Waals surface area contributed by atoms with Gasteiger partial charge >= 0.3 is 0 Å². The van der Waals surface area contributed by atoms with E-state index < -0.39 is 11.6 Å². The Balaban J connectivity index is 1.66. The molecule has 1 saturated heterocycles. The van der Waals surface area contributed by atoms with Crippen LogP contribution in [0.3, 0.4) is 0 Å². The van der Waals surface area contributed by atoms with E-state index in [1.807, 2.05) is 36.9 Å². The van der Waals surface area contributed by atoms with Crippen LogP contribution in [0.15, 0.2) is 18.5 Å². The molecule has 1 fully saturated rings. The molecule has 0 aliphatic carbocycles. The second-order valence-corrected chi connectivity index (χ2v) is 6.41. The highest BCUT2D eigenvalue weighted by Gasteiger charge is 2.22. The summed E-state index contributed by atoms with van der Waals surface area (Å²) in [5, 5.41) is 0. The lowest BCUT2D eigenvalue weighted by Crippen LogP contribution is -2.46. The third-order valence-corrected chi connectivity index (χ3v) is 4.28. The number of pyridine rings is 1. The van der Waals surface area contributed by atoms with Crippen LogP contribution in [-0.4, -0.2) is 60.1 Å². The normalized spacial score (nSPS) is 15.5. The van der Waals surface area contributed by atoms with Gasteiger partial charge in [0, 0.05) is 64.1 Å². The SMILES string of the molecule is Cc1cc(N(C)C)nc(N2CCN(Cc3c(F)cncc3F)CC2)n1. The average molecular weight is 348 g/mol. The molecule has 0 unspecified atom stereocenters. The van der Waals surface area contributed by atoms with Crippen molar-refractivity contribution in [3.8, 4) is 0 Å². The molecule has 3 heterocycles. The number of nitrogens with zero attached hydrogens (tertiary/aromatic N) is 6. The van der Waals surface area contributed by atoms with Crippen LogP contribution in [0.4, 0.5) is 20.5 Å². The molecule has 25 heavy (non-hydrogen) atoms. The number of halogens is 2. The van der Waals surface area contributed by atoms with Crippen LogP contribution in [0, 0.1) is 18.6 Å². The van der Waals surface area contributed by atoms with E-state index in [9.17, 15) is 8.78 Å². The van der Waals surface area contributed by atoms with Gasteiger partial charge in [0.05, 0.1) is 12.4 Å². The van der Waals surface area contributed by atoms with Crippen LogP contribution in [0.2, 0.25) is 0 Å². The zero-order valence-electron chi connectivity index (χ0n) is 14.7. The molecule has 0 amide bonds. The zero-order chi connectivity index (χ0) is 18.0. The van der Waals surface area contributed by atoms with Crippen LogP contribution in [0.1, 0.15) is 11.3 Å². The number of aromatic nitrogens is 3. The molecule has 0 spiro atoms. The van der Waals surface area contributed by atoms with E-state index >= 15 is 0 Å². The molecule has 1 aliphatic rings. The largest absolute Gasteiger partial charge is 0.363 e. The van der Waals surface area contributed by atoms with Crippen LogP contribution < -0.4 is 9.80 Å². The topological polar surface area (TPSA) is 48.4 Å². The molecule has 6 nitrogen and oxygen atoms in total. The molecule has 134 valence electrons. The molecule has 3 rings (SSSR count). The van der Waals surface area contributed by atoms with Crippen molar-refractivity contribution in [1.82, 2.24) is 19.9 Å². The fraction of sp³-hybridized carbons (Fsp3) is 0.471. The van der Waals surface area contributed by atoms with Crippen molar-refractivity contribution in [3.05, 3.63) is 41.4 Å². The van der Waals surface area contributed by atoms with E-state index in [1.165, 1.54) is 0 Å². The van der Waals surface area contributed by atoms with Crippen molar-refractivity contribution in [3.63, 3.8) is 0 Å². The highest BCUT2D eigenvalue weighted by atomic mass is 19.1. The number of hydrogen-bond acceptors (Lipinski definition) is 6. The number of anilines is 2. The molecular weight excluding hydrogens is 326 g/mol. The lowest BCUT2D eigenvalue weighted by atomic mass is 10.2. The van der Waals surface area contributed by atoms with Gasteiger partial charge in [-0.15, -0.1) is 0 Å². The summed E-state index contributed by atoms with van der Waals surface area (Å²) < 4.78 is 27.5. The Morgan fingerprint density at radius 3 is 2.28 bits per heavy atom. The molecule has 0 N–H and O–H groups in total. The van der Waals surface area contributed by atoms with Crippen LogP contribution in [0.25, 0.3) is 0 Å². The lowest BCUT2D eigenvalue weighted by molar-refractivity contribution is 0.241. The summed E-state index contributed by atoms with van der Waals surface area (Å²) in [7, 11) is 3.89. The standard InChI is InChI=1S/C17H22F2N6/c1-12-8-16(23(2)3)22-17(21-12)25-6-4-24(5-7-25)11-13-14(18)9-20-10-15(13)19/h8-10H,4-7,11H2,1-3H3. The minimum Gasteiger partial charge on any atom is -0.363 e. The van der Waals surface area contributed by atoms with Gasteiger partial charge in [-0.25, -0.2) is 13.8 Å². The third-order valence-electron chi connectivity index (χ3n) is 4.28. The summed E-state index contributed by atoms with van der Waals surface area (Å²) >= 11 is 0. The summed E-state index contributed by atoms with van der Waals surface area (Å²) in [6.07, 6.45) is 2.11. The third kappa shape index (κ3) is 4.01. The van der Waals surface area contributed by atoms with Gasteiger partial charge in [-0.1, -0.05) is 0 Å². The molecule has 2 aromatic rings.